The molecule has 2 aromatic rings. The van der Waals surface area contributed by atoms with Crippen LogP contribution >= 0.6 is 0 Å². The molecular weight excluding hydrogens is 668 g/mol. The summed E-state index contributed by atoms with van der Waals surface area (Å²) in [5.74, 6) is 7.38. The van der Waals surface area contributed by atoms with Crippen LogP contribution in [0.5, 0.6) is 5.75 Å². The SMILES string of the molecule is C=CC(=O)OCCCCCCOC(=O)C1CCC(C(=O)Oc2ccc(C(=O)OC3(C#Cc4ccccc4)CCC(C4CCC(C)CC4)CC3)cc2)CC1. The molecule has 0 radical (unpaired) electrons. The molecule has 53 heavy (non-hydrogen) atoms. The van der Waals surface area contributed by atoms with E-state index in [0.29, 0.717) is 56.1 Å². The second-order valence-corrected chi connectivity index (χ2v) is 15.3. The van der Waals surface area contributed by atoms with Crippen molar-refractivity contribution in [3.8, 4) is 17.6 Å². The predicted octanol–water partition coefficient (Wildman–Crippen LogP) is 9.20. The van der Waals surface area contributed by atoms with Gasteiger partial charge in [-0.15, -0.1) is 0 Å². The highest BCUT2D eigenvalue weighted by Crippen LogP contribution is 2.44. The summed E-state index contributed by atoms with van der Waals surface area (Å²) in [5.41, 5.74) is 0.449. The van der Waals surface area contributed by atoms with Crippen molar-refractivity contribution in [2.75, 3.05) is 13.2 Å². The number of rotatable bonds is 14. The number of carbonyl (C=O) groups excluding carboxylic acids is 4. The van der Waals surface area contributed by atoms with Crippen LogP contribution in [0.1, 0.15) is 126 Å². The van der Waals surface area contributed by atoms with E-state index in [9.17, 15) is 19.2 Å². The van der Waals surface area contributed by atoms with Crippen LogP contribution in [0.3, 0.4) is 0 Å². The van der Waals surface area contributed by atoms with Crippen LogP contribution in [0.25, 0.3) is 0 Å². The Kier molecular flexibility index (Phi) is 15.2. The first-order valence-electron chi connectivity index (χ1n) is 19.8. The molecule has 0 spiro atoms. The molecule has 3 saturated carbocycles. The molecule has 0 unspecified atom stereocenters. The Morgan fingerprint density at radius 1 is 0.717 bits per heavy atom. The van der Waals surface area contributed by atoms with Crippen molar-refractivity contribution in [1.82, 2.24) is 0 Å². The van der Waals surface area contributed by atoms with E-state index in [0.717, 1.165) is 74.8 Å². The molecule has 3 fully saturated rings. The van der Waals surface area contributed by atoms with E-state index in [4.69, 9.17) is 18.9 Å². The molecule has 2 aromatic carbocycles. The largest absolute Gasteiger partial charge is 0.465 e. The summed E-state index contributed by atoms with van der Waals surface area (Å²) >= 11 is 0. The third-order valence-electron chi connectivity index (χ3n) is 11.5. The maximum absolute atomic E-state index is 13.5. The predicted molar refractivity (Wildman–Crippen MR) is 203 cm³/mol. The van der Waals surface area contributed by atoms with Crippen LogP contribution < -0.4 is 4.74 Å². The summed E-state index contributed by atoms with van der Waals surface area (Å²) in [6, 6.07) is 16.4. The first kappa shape index (κ1) is 39.8. The molecule has 0 amide bonds. The smallest absolute Gasteiger partial charge is 0.339 e. The normalized spacial score (nSPS) is 25.5. The molecule has 0 aliphatic heterocycles. The quantitative estimate of drug-likeness (QED) is 0.0475. The van der Waals surface area contributed by atoms with Gasteiger partial charge in [-0.25, -0.2) is 9.59 Å². The lowest BCUT2D eigenvalue weighted by molar-refractivity contribution is -0.152. The zero-order valence-corrected chi connectivity index (χ0v) is 31.4. The molecule has 3 aliphatic carbocycles. The van der Waals surface area contributed by atoms with Gasteiger partial charge in [-0.05, 0) is 150 Å². The number of carbonyl (C=O) groups is 4. The lowest BCUT2D eigenvalue weighted by atomic mass is 9.68. The van der Waals surface area contributed by atoms with Crippen LogP contribution in [0, 0.1) is 41.4 Å². The third kappa shape index (κ3) is 12.3. The lowest BCUT2D eigenvalue weighted by Crippen LogP contribution is -2.39. The average molecular weight is 725 g/mol. The number of hydrogen-bond acceptors (Lipinski definition) is 8. The number of esters is 4. The first-order valence-corrected chi connectivity index (χ1v) is 19.8. The number of unbranched alkanes of at least 4 members (excludes halogenated alkanes) is 3. The fourth-order valence-electron chi connectivity index (χ4n) is 8.03. The van der Waals surface area contributed by atoms with Gasteiger partial charge in [-0.1, -0.05) is 50.5 Å². The van der Waals surface area contributed by atoms with E-state index in [1.807, 2.05) is 30.3 Å². The van der Waals surface area contributed by atoms with Crippen LogP contribution in [-0.4, -0.2) is 42.7 Å². The molecule has 0 heterocycles. The van der Waals surface area contributed by atoms with Crippen molar-refractivity contribution in [2.24, 2.45) is 29.6 Å². The van der Waals surface area contributed by atoms with Crippen molar-refractivity contribution in [2.45, 2.75) is 115 Å². The van der Waals surface area contributed by atoms with Gasteiger partial charge in [-0.2, -0.15) is 0 Å². The molecule has 5 rings (SSSR count). The van der Waals surface area contributed by atoms with Crippen molar-refractivity contribution in [1.29, 1.82) is 0 Å². The number of hydrogen-bond donors (Lipinski definition) is 0. The van der Waals surface area contributed by atoms with Crippen molar-refractivity contribution < 1.29 is 38.1 Å². The molecular formula is C45H56O8. The lowest BCUT2D eigenvalue weighted by Gasteiger charge is -2.40. The maximum Gasteiger partial charge on any atom is 0.339 e. The minimum absolute atomic E-state index is 0.209. The van der Waals surface area contributed by atoms with E-state index in [1.54, 1.807) is 24.3 Å². The van der Waals surface area contributed by atoms with Crippen molar-refractivity contribution in [3.05, 3.63) is 78.4 Å². The van der Waals surface area contributed by atoms with E-state index < -0.39 is 17.5 Å². The van der Waals surface area contributed by atoms with E-state index in [2.05, 4.69) is 25.3 Å². The molecule has 0 aromatic heterocycles. The van der Waals surface area contributed by atoms with Gasteiger partial charge in [0.25, 0.3) is 0 Å². The highest BCUT2D eigenvalue weighted by molar-refractivity contribution is 5.90. The van der Waals surface area contributed by atoms with Gasteiger partial charge in [-0.3, -0.25) is 9.59 Å². The topological polar surface area (TPSA) is 105 Å². The van der Waals surface area contributed by atoms with E-state index in [1.165, 1.54) is 25.7 Å². The van der Waals surface area contributed by atoms with Crippen LogP contribution in [-0.2, 0) is 28.6 Å². The van der Waals surface area contributed by atoms with Crippen LogP contribution in [0.15, 0.2) is 67.3 Å². The number of ether oxygens (including phenoxy) is 4. The van der Waals surface area contributed by atoms with Gasteiger partial charge >= 0.3 is 23.9 Å². The minimum atomic E-state index is -0.841. The van der Waals surface area contributed by atoms with Crippen molar-refractivity contribution in [3.63, 3.8) is 0 Å². The molecule has 284 valence electrons. The Labute approximate surface area is 315 Å². The van der Waals surface area contributed by atoms with Crippen molar-refractivity contribution >= 4 is 23.9 Å². The molecule has 0 atom stereocenters. The Morgan fingerprint density at radius 2 is 1.30 bits per heavy atom. The van der Waals surface area contributed by atoms with Crippen LogP contribution in [0.2, 0.25) is 0 Å². The summed E-state index contributed by atoms with van der Waals surface area (Å²) < 4.78 is 22.4. The zero-order chi connectivity index (χ0) is 37.5. The average Bonchev–Trinajstić information content (AvgIpc) is 3.19. The molecule has 8 heteroatoms. The van der Waals surface area contributed by atoms with Crippen LogP contribution in [0.4, 0.5) is 0 Å². The van der Waals surface area contributed by atoms with Gasteiger partial charge in [0.05, 0.1) is 30.6 Å². The second-order valence-electron chi connectivity index (χ2n) is 15.3. The summed E-state index contributed by atoms with van der Waals surface area (Å²) in [6.45, 7) is 6.45. The maximum atomic E-state index is 13.5. The van der Waals surface area contributed by atoms with E-state index in [-0.39, 0.29) is 23.8 Å². The Balaban J connectivity index is 1.06. The van der Waals surface area contributed by atoms with Gasteiger partial charge < -0.3 is 18.9 Å². The van der Waals surface area contributed by atoms with Gasteiger partial charge in [0, 0.05) is 11.6 Å². The van der Waals surface area contributed by atoms with E-state index >= 15 is 0 Å². The molecule has 0 bridgehead atoms. The van der Waals surface area contributed by atoms with Gasteiger partial charge in [0.1, 0.15) is 5.75 Å². The Bertz CT molecular complexity index is 1560. The highest BCUT2D eigenvalue weighted by atomic mass is 16.6. The monoisotopic (exact) mass is 724 g/mol. The Hall–Kier alpha value is -4.38. The van der Waals surface area contributed by atoms with Gasteiger partial charge in [0.15, 0.2) is 5.60 Å². The zero-order valence-electron chi connectivity index (χ0n) is 31.4. The highest BCUT2D eigenvalue weighted by Gasteiger charge is 2.40. The summed E-state index contributed by atoms with van der Waals surface area (Å²) in [4.78, 5) is 50.2. The third-order valence-corrected chi connectivity index (χ3v) is 11.5. The first-order chi connectivity index (χ1) is 25.7. The fraction of sp³-hybridized carbons (Fsp3) is 0.556. The van der Waals surface area contributed by atoms with Gasteiger partial charge in [0.2, 0.25) is 0 Å². The second kappa shape index (κ2) is 20.2. The fourth-order valence-corrected chi connectivity index (χ4v) is 8.03. The standard InChI is InChI=1S/C45H56O8/c1-3-41(46)50-31-9-4-5-10-32-51-42(47)37-17-19-38(20-18-37)43(48)52-40-23-21-39(22-24-40)44(49)53-45(28-25-34-11-7-6-8-12-34)29-26-36(27-30-45)35-15-13-33(2)14-16-35/h3,6-8,11-12,21-24,33,35-38H,1,4-5,9-10,13-20,26-27,29-32H2,2H3. The summed E-state index contributed by atoms with van der Waals surface area (Å²) in [5, 5.41) is 0. The molecule has 0 N–H and O–H groups in total. The summed E-state index contributed by atoms with van der Waals surface area (Å²) in [6.07, 6.45) is 15.4. The molecule has 0 saturated heterocycles. The number of benzene rings is 2. The summed E-state index contributed by atoms with van der Waals surface area (Å²) in [7, 11) is 0. The molecule has 3 aliphatic rings. The Morgan fingerprint density at radius 3 is 1.92 bits per heavy atom. The molecule has 8 nitrogen and oxygen atoms in total. The minimum Gasteiger partial charge on any atom is -0.465 e.